The Hall–Kier alpha value is -3.74. The number of carbonyl (C=O) groups is 2. The van der Waals surface area contributed by atoms with Gasteiger partial charge in [0.05, 0.1) is 6.26 Å². The molecule has 1 aliphatic rings. The van der Waals surface area contributed by atoms with Crippen LogP contribution in [0.5, 0.6) is 5.75 Å². The van der Waals surface area contributed by atoms with E-state index >= 15 is 0 Å². The SMILES string of the molecule is O=C(COc1cccc(NC(=O)c2ccco2)c1)Nc1ccc(N2CCCCCC2)cc1. The number of nitrogens with zero attached hydrogens (tertiary/aromatic N) is 1. The van der Waals surface area contributed by atoms with E-state index in [1.54, 1.807) is 36.4 Å². The smallest absolute Gasteiger partial charge is 0.291 e. The van der Waals surface area contributed by atoms with Crippen LogP contribution in [0.4, 0.5) is 17.1 Å². The molecule has 0 atom stereocenters. The van der Waals surface area contributed by atoms with E-state index in [0.717, 1.165) is 18.8 Å². The molecule has 0 aliphatic carbocycles. The third-order valence-corrected chi connectivity index (χ3v) is 5.33. The summed E-state index contributed by atoms with van der Waals surface area (Å²) in [5, 5.41) is 5.59. The number of amides is 2. The zero-order valence-corrected chi connectivity index (χ0v) is 17.9. The minimum atomic E-state index is -0.353. The van der Waals surface area contributed by atoms with Crippen LogP contribution >= 0.6 is 0 Å². The van der Waals surface area contributed by atoms with Gasteiger partial charge in [-0.3, -0.25) is 9.59 Å². The molecule has 7 nitrogen and oxygen atoms in total. The topological polar surface area (TPSA) is 83.8 Å². The van der Waals surface area contributed by atoms with Crippen LogP contribution in [0.15, 0.2) is 71.3 Å². The van der Waals surface area contributed by atoms with Crippen molar-refractivity contribution in [1.82, 2.24) is 0 Å². The van der Waals surface area contributed by atoms with Gasteiger partial charge in [0.1, 0.15) is 5.75 Å². The molecule has 1 aromatic heterocycles. The molecule has 3 aromatic rings. The molecule has 7 heteroatoms. The van der Waals surface area contributed by atoms with Crippen molar-refractivity contribution in [2.75, 3.05) is 35.2 Å². The standard InChI is InChI=1S/C25H27N3O4/c29-24(26-19-10-12-21(13-11-19)28-14-3-1-2-4-15-28)18-32-22-8-5-7-20(17-22)27-25(30)23-9-6-16-31-23/h5-13,16-17H,1-4,14-15,18H2,(H,26,29)(H,27,30). The van der Waals surface area contributed by atoms with Gasteiger partial charge in [0.25, 0.3) is 11.8 Å². The third kappa shape index (κ3) is 5.91. The van der Waals surface area contributed by atoms with Crippen LogP contribution < -0.4 is 20.3 Å². The van der Waals surface area contributed by atoms with Crippen LogP contribution in [0.1, 0.15) is 36.2 Å². The fourth-order valence-corrected chi connectivity index (χ4v) is 3.69. The Labute approximate surface area is 187 Å². The number of rotatable bonds is 7. The van der Waals surface area contributed by atoms with Gasteiger partial charge in [-0.25, -0.2) is 0 Å². The number of carbonyl (C=O) groups excluding carboxylic acids is 2. The second-order valence-electron chi connectivity index (χ2n) is 7.74. The van der Waals surface area contributed by atoms with Crippen molar-refractivity contribution in [1.29, 1.82) is 0 Å². The number of benzene rings is 2. The first kappa shape index (κ1) is 21.5. The number of furan rings is 1. The second-order valence-corrected chi connectivity index (χ2v) is 7.74. The number of nitrogens with one attached hydrogen (secondary N) is 2. The molecule has 2 aromatic carbocycles. The molecule has 32 heavy (non-hydrogen) atoms. The van der Waals surface area contributed by atoms with Gasteiger partial charge in [-0.1, -0.05) is 18.9 Å². The summed E-state index contributed by atoms with van der Waals surface area (Å²) in [5.41, 5.74) is 2.47. The lowest BCUT2D eigenvalue weighted by Crippen LogP contribution is -2.24. The first-order chi connectivity index (χ1) is 15.7. The maximum Gasteiger partial charge on any atom is 0.291 e. The molecule has 1 saturated heterocycles. The molecule has 1 aliphatic heterocycles. The van der Waals surface area contributed by atoms with Crippen LogP contribution in [-0.4, -0.2) is 31.5 Å². The molecule has 0 unspecified atom stereocenters. The minimum absolute atomic E-state index is 0.135. The summed E-state index contributed by atoms with van der Waals surface area (Å²) in [6.07, 6.45) is 6.48. The minimum Gasteiger partial charge on any atom is -0.484 e. The highest BCUT2D eigenvalue weighted by molar-refractivity contribution is 6.02. The van der Waals surface area contributed by atoms with Gasteiger partial charge in [-0.05, 0) is 61.4 Å². The van der Waals surface area contributed by atoms with Crippen molar-refractivity contribution in [3.63, 3.8) is 0 Å². The van der Waals surface area contributed by atoms with E-state index < -0.39 is 0 Å². The van der Waals surface area contributed by atoms with E-state index in [9.17, 15) is 9.59 Å². The van der Waals surface area contributed by atoms with E-state index in [0.29, 0.717) is 11.4 Å². The van der Waals surface area contributed by atoms with E-state index in [4.69, 9.17) is 9.15 Å². The highest BCUT2D eigenvalue weighted by Crippen LogP contribution is 2.22. The molecule has 1 fully saturated rings. The Morgan fingerprint density at radius 1 is 0.875 bits per heavy atom. The van der Waals surface area contributed by atoms with Crippen LogP contribution in [0.25, 0.3) is 0 Å². The fraction of sp³-hybridized carbons (Fsp3) is 0.280. The first-order valence-electron chi connectivity index (χ1n) is 10.9. The molecule has 0 saturated carbocycles. The lowest BCUT2D eigenvalue weighted by molar-refractivity contribution is -0.118. The summed E-state index contributed by atoms with van der Waals surface area (Å²) in [7, 11) is 0. The lowest BCUT2D eigenvalue weighted by Gasteiger charge is -2.22. The van der Waals surface area contributed by atoms with Gasteiger partial charge in [-0.15, -0.1) is 0 Å². The Kier molecular flexibility index (Phi) is 7.07. The van der Waals surface area contributed by atoms with Crippen LogP contribution in [0.2, 0.25) is 0 Å². The van der Waals surface area contributed by atoms with Crippen molar-refractivity contribution >= 4 is 28.9 Å². The second kappa shape index (κ2) is 10.5. The Balaban J connectivity index is 1.27. The van der Waals surface area contributed by atoms with Gasteiger partial charge < -0.3 is 24.7 Å². The number of ether oxygens (including phenoxy) is 1. The molecule has 0 spiro atoms. The van der Waals surface area contributed by atoms with Crippen molar-refractivity contribution in [2.45, 2.75) is 25.7 Å². The molecule has 2 heterocycles. The summed E-state index contributed by atoms with van der Waals surface area (Å²) < 4.78 is 10.7. The maximum absolute atomic E-state index is 12.3. The zero-order chi connectivity index (χ0) is 22.2. The molecule has 166 valence electrons. The summed E-state index contributed by atoms with van der Waals surface area (Å²) in [6, 6.07) is 18.0. The van der Waals surface area contributed by atoms with E-state index in [1.165, 1.54) is 37.6 Å². The van der Waals surface area contributed by atoms with Gasteiger partial charge in [-0.2, -0.15) is 0 Å². The molecule has 4 rings (SSSR count). The van der Waals surface area contributed by atoms with Gasteiger partial charge in [0, 0.05) is 36.2 Å². The molecule has 0 bridgehead atoms. The van der Waals surface area contributed by atoms with Crippen LogP contribution in [0.3, 0.4) is 0 Å². The molecule has 0 radical (unpaired) electrons. The quantitative estimate of drug-likeness (QED) is 0.552. The monoisotopic (exact) mass is 433 g/mol. The van der Waals surface area contributed by atoms with Gasteiger partial charge in [0.15, 0.2) is 12.4 Å². The van der Waals surface area contributed by atoms with Crippen molar-refractivity contribution in [3.8, 4) is 5.75 Å². The Bertz CT molecular complexity index is 1020. The highest BCUT2D eigenvalue weighted by Gasteiger charge is 2.11. The van der Waals surface area contributed by atoms with Crippen molar-refractivity contribution < 1.29 is 18.7 Å². The van der Waals surface area contributed by atoms with Crippen molar-refractivity contribution in [3.05, 3.63) is 72.7 Å². The van der Waals surface area contributed by atoms with E-state index in [1.807, 2.05) is 24.3 Å². The highest BCUT2D eigenvalue weighted by atomic mass is 16.5. The predicted molar refractivity (Wildman–Crippen MR) is 124 cm³/mol. The largest absolute Gasteiger partial charge is 0.484 e. The number of hydrogen-bond acceptors (Lipinski definition) is 5. The number of hydrogen-bond donors (Lipinski definition) is 2. The molecule has 2 amide bonds. The summed E-state index contributed by atoms with van der Waals surface area (Å²) >= 11 is 0. The summed E-state index contributed by atoms with van der Waals surface area (Å²) in [5.74, 6) is 0.0949. The molecular formula is C25H27N3O4. The fourth-order valence-electron chi connectivity index (χ4n) is 3.69. The maximum atomic E-state index is 12.3. The van der Waals surface area contributed by atoms with Gasteiger partial charge in [0.2, 0.25) is 0 Å². The normalized spacial score (nSPS) is 13.8. The average Bonchev–Trinajstić information content (AvgIpc) is 3.22. The summed E-state index contributed by atoms with van der Waals surface area (Å²) in [4.78, 5) is 26.8. The van der Waals surface area contributed by atoms with Crippen LogP contribution in [0, 0.1) is 0 Å². The number of anilines is 3. The Morgan fingerprint density at radius 3 is 2.38 bits per heavy atom. The predicted octanol–water partition coefficient (Wildman–Crippen LogP) is 4.93. The van der Waals surface area contributed by atoms with Crippen molar-refractivity contribution in [2.24, 2.45) is 0 Å². The third-order valence-electron chi connectivity index (χ3n) is 5.33. The molecule has 2 N–H and O–H groups in total. The lowest BCUT2D eigenvalue weighted by atomic mass is 10.2. The summed E-state index contributed by atoms with van der Waals surface area (Å²) in [6.45, 7) is 2.03. The van der Waals surface area contributed by atoms with E-state index in [2.05, 4.69) is 15.5 Å². The zero-order valence-electron chi connectivity index (χ0n) is 17.9. The molecular weight excluding hydrogens is 406 g/mol. The average molecular weight is 434 g/mol. The van der Waals surface area contributed by atoms with E-state index in [-0.39, 0.29) is 24.2 Å². The van der Waals surface area contributed by atoms with Crippen LogP contribution in [-0.2, 0) is 4.79 Å². The first-order valence-corrected chi connectivity index (χ1v) is 10.9. The van der Waals surface area contributed by atoms with Gasteiger partial charge >= 0.3 is 0 Å². The Morgan fingerprint density at radius 2 is 1.66 bits per heavy atom.